The Labute approximate surface area is 71.1 Å². The molecule has 2 heteroatoms. The molecule has 0 saturated heterocycles. The van der Waals surface area contributed by atoms with Crippen molar-refractivity contribution in [3.8, 4) is 0 Å². The fourth-order valence-electron chi connectivity index (χ4n) is 0.948. The third-order valence-electron chi connectivity index (χ3n) is 1.61. The van der Waals surface area contributed by atoms with Crippen LogP contribution in [-0.4, -0.2) is 6.29 Å². The summed E-state index contributed by atoms with van der Waals surface area (Å²) in [7, 11) is 0. The summed E-state index contributed by atoms with van der Waals surface area (Å²) >= 11 is 1.75. The minimum Gasteiger partial charge on any atom is -0.303 e. The summed E-state index contributed by atoms with van der Waals surface area (Å²) in [6.45, 7) is 2.13. The van der Waals surface area contributed by atoms with Crippen LogP contribution >= 0.6 is 11.3 Å². The fraction of sp³-hybridized carbons (Fsp3) is 0.333. The van der Waals surface area contributed by atoms with E-state index in [1.165, 1.54) is 4.88 Å². The quantitative estimate of drug-likeness (QED) is 0.630. The van der Waals surface area contributed by atoms with Gasteiger partial charge >= 0.3 is 0 Å². The topological polar surface area (TPSA) is 17.1 Å². The Morgan fingerprint density at radius 3 is 3.09 bits per heavy atom. The zero-order chi connectivity index (χ0) is 8.10. The van der Waals surface area contributed by atoms with Gasteiger partial charge in [-0.15, -0.1) is 11.3 Å². The number of rotatable bonds is 4. The zero-order valence-electron chi connectivity index (χ0n) is 6.49. The molecule has 0 aliphatic rings. The van der Waals surface area contributed by atoms with Gasteiger partial charge in [0, 0.05) is 11.3 Å². The number of hydrogen-bond acceptors (Lipinski definition) is 2. The SMILES string of the molecule is CC(C[CH]C=O)c1cccs1. The van der Waals surface area contributed by atoms with Gasteiger partial charge in [-0.25, -0.2) is 0 Å². The molecular formula is C9H11OS. The lowest BCUT2D eigenvalue weighted by atomic mass is 10.0. The van der Waals surface area contributed by atoms with Crippen LogP contribution in [-0.2, 0) is 4.79 Å². The largest absolute Gasteiger partial charge is 0.303 e. The molecule has 0 amide bonds. The molecule has 59 valence electrons. The lowest BCUT2D eigenvalue weighted by Crippen LogP contribution is -1.90. The molecule has 1 aromatic rings. The second kappa shape index (κ2) is 4.29. The van der Waals surface area contributed by atoms with E-state index in [1.54, 1.807) is 17.8 Å². The molecule has 1 radical (unpaired) electrons. The normalized spacial score (nSPS) is 12.8. The van der Waals surface area contributed by atoms with E-state index in [-0.39, 0.29) is 0 Å². The molecule has 1 rings (SSSR count). The molecular weight excluding hydrogens is 156 g/mol. The van der Waals surface area contributed by atoms with Gasteiger partial charge in [-0.3, -0.25) is 0 Å². The Kier molecular flexibility index (Phi) is 3.30. The fourth-order valence-corrected chi connectivity index (χ4v) is 1.75. The van der Waals surface area contributed by atoms with Gasteiger partial charge in [0.15, 0.2) is 0 Å². The Bertz CT molecular complexity index is 203. The number of hydrogen-bond donors (Lipinski definition) is 0. The van der Waals surface area contributed by atoms with E-state index in [1.807, 2.05) is 6.07 Å². The van der Waals surface area contributed by atoms with Crippen molar-refractivity contribution in [2.75, 3.05) is 0 Å². The minimum atomic E-state index is 0.486. The molecule has 0 fully saturated rings. The third-order valence-corrected chi connectivity index (χ3v) is 2.72. The maximum absolute atomic E-state index is 10.0. The Morgan fingerprint density at radius 2 is 2.55 bits per heavy atom. The molecule has 0 aliphatic carbocycles. The van der Waals surface area contributed by atoms with Crippen molar-refractivity contribution in [3.05, 3.63) is 28.8 Å². The van der Waals surface area contributed by atoms with Gasteiger partial charge in [-0.1, -0.05) is 13.0 Å². The van der Waals surface area contributed by atoms with Gasteiger partial charge < -0.3 is 4.79 Å². The first kappa shape index (κ1) is 8.47. The summed E-state index contributed by atoms with van der Waals surface area (Å²) < 4.78 is 0. The molecule has 0 N–H and O–H groups in total. The summed E-state index contributed by atoms with van der Waals surface area (Å²) in [6.07, 6.45) is 3.39. The molecule has 0 aromatic carbocycles. The molecule has 0 saturated carbocycles. The monoisotopic (exact) mass is 167 g/mol. The van der Waals surface area contributed by atoms with Crippen LogP contribution in [0.4, 0.5) is 0 Å². The van der Waals surface area contributed by atoms with Gasteiger partial charge in [0.2, 0.25) is 0 Å². The van der Waals surface area contributed by atoms with E-state index in [4.69, 9.17) is 0 Å². The average Bonchev–Trinajstić information content (AvgIpc) is 2.52. The first-order valence-electron chi connectivity index (χ1n) is 3.65. The van der Waals surface area contributed by atoms with Gasteiger partial charge in [0.1, 0.15) is 6.29 Å². The maximum atomic E-state index is 10.0. The minimum absolute atomic E-state index is 0.486. The standard InChI is InChI=1S/C9H11OS/c1-8(4-2-6-10)9-5-3-7-11-9/h2-3,5-8H,4H2,1H3. The molecule has 1 atom stereocenters. The van der Waals surface area contributed by atoms with Crippen molar-refractivity contribution in [2.45, 2.75) is 19.3 Å². The van der Waals surface area contributed by atoms with Gasteiger partial charge in [-0.05, 0) is 23.8 Å². The number of carbonyl (C=O) groups excluding carboxylic acids is 1. The van der Waals surface area contributed by atoms with E-state index in [9.17, 15) is 4.79 Å². The van der Waals surface area contributed by atoms with Crippen LogP contribution in [0.2, 0.25) is 0 Å². The molecule has 0 aliphatic heterocycles. The number of thiophene rings is 1. The van der Waals surface area contributed by atoms with E-state index < -0.39 is 0 Å². The van der Waals surface area contributed by atoms with Gasteiger partial charge in [0.25, 0.3) is 0 Å². The summed E-state index contributed by atoms with van der Waals surface area (Å²) in [6, 6.07) is 4.14. The average molecular weight is 167 g/mol. The summed E-state index contributed by atoms with van der Waals surface area (Å²) in [5.41, 5.74) is 0. The molecule has 1 nitrogen and oxygen atoms in total. The van der Waals surface area contributed by atoms with Crippen molar-refractivity contribution in [3.63, 3.8) is 0 Å². The van der Waals surface area contributed by atoms with Crippen LogP contribution in [0.3, 0.4) is 0 Å². The van der Waals surface area contributed by atoms with E-state index in [0.717, 1.165) is 12.7 Å². The second-order valence-corrected chi connectivity index (χ2v) is 3.50. The molecule has 1 aromatic heterocycles. The summed E-state index contributed by atoms with van der Waals surface area (Å²) in [5.74, 6) is 0.486. The zero-order valence-corrected chi connectivity index (χ0v) is 7.30. The van der Waals surface area contributed by atoms with Crippen LogP contribution in [0, 0.1) is 6.42 Å². The van der Waals surface area contributed by atoms with Crippen molar-refractivity contribution in [2.24, 2.45) is 0 Å². The second-order valence-electron chi connectivity index (χ2n) is 2.52. The van der Waals surface area contributed by atoms with Crippen molar-refractivity contribution in [1.82, 2.24) is 0 Å². The van der Waals surface area contributed by atoms with Gasteiger partial charge in [0.05, 0.1) is 0 Å². The highest BCUT2D eigenvalue weighted by molar-refractivity contribution is 7.10. The van der Waals surface area contributed by atoms with Gasteiger partial charge in [-0.2, -0.15) is 0 Å². The van der Waals surface area contributed by atoms with Crippen molar-refractivity contribution >= 4 is 17.6 Å². The van der Waals surface area contributed by atoms with E-state index in [0.29, 0.717) is 5.92 Å². The smallest absolute Gasteiger partial charge is 0.123 e. The maximum Gasteiger partial charge on any atom is 0.123 e. The molecule has 0 spiro atoms. The van der Waals surface area contributed by atoms with Crippen LogP contribution in [0.25, 0.3) is 0 Å². The molecule has 1 unspecified atom stereocenters. The first-order chi connectivity index (χ1) is 5.34. The summed E-state index contributed by atoms with van der Waals surface area (Å²) in [4.78, 5) is 11.4. The van der Waals surface area contributed by atoms with Crippen LogP contribution < -0.4 is 0 Å². The lowest BCUT2D eigenvalue weighted by Gasteiger charge is -2.04. The lowest BCUT2D eigenvalue weighted by molar-refractivity contribution is -0.105. The first-order valence-corrected chi connectivity index (χ1v) is 4.53. The number of aldehydes is 1. The molecule has 1 heterocycles. The van der Waals surface area contributed by atoms with Crippen molar-refractivity contribution in [1.29, 1.82) is 0 Å². The molecule has 11 heavy (non-hydrogen) atoms. The highest BCUT2D eigenvalue weighted by Gasteiger charge is 2.04. The van der Waals surface area contributed by atoms with Crippen LogP contribution in [0.15, 0.2) is 17.5 Å². The highest BCUT2D eigenvalue weighted by Crippen LogP contribution is 2.23. The number of carbonyl (C=O) groups is 1. The highest BCUT2D eigenvalue weighted by atomic mass is 32.1. The van der Waals surface area contributed by atoms with E-state index in [2.05, 4.69) is 18.4 Å². The van der Waals surface area contributed by atoms with Crippen LogP contribution in [0.5, 0.6) is 0 Å². The van der Waals surface area contributed by atoms with E-state index >= 15 is 0 Å². The predicted octanol–water partition coefficient (Wildman–Crippen LogP) is 2.64. The molecule has 0 bridgehead atoms. The van der Waals surface area contributed by atoms with Crippen molar-refractivity contribution < 1.29 is 4.79 Å². The Hall–Kier alpha value is -0.630. The Balaban J connectivity index is 2.42. The predicted molar refractivity (Wildman–Crippen MR) is 47.7 cm³/mol. The third kappa shape index (κ3) is 2.46. The summed E-state index contributed by atoms with van der Waals surface area (Å²) in [5, 5.41) is 2.06. The van der Waals surface area contributed by atoms with Crippen LogP contribution in [0.1, 0.15) is 24.1 Å². The Morgan fingerprint density at radius 1 is 1.73 bits per heavy atom.